The third kappa shape index (κ3) is 5.59. The van der Waals surface area contributed by atoms with Crippen molar-refractivity contribution >= 4 is 23.8 Å². The minimum absolute atomic E-state index is 0.205. The van der Waals surface area contributed by atoms with Crippen molar-refractivity contribution < 1.29 is 19.4 Å². The average Bonchev–Trinajstić information content (AvgIpc) is 2.75. The maximum atomic E-state index is 11.6. The summed E-state index contributed by atoms with van der Waals surface area (Å²) in [6.45, 7) is 0.187. The Morgan fingerprint density at radius 2 is 2.22 bits per heavy atom. The Bertz CT molecular complexity index is 288. The summed E-state index contributed by atoms with van der Waals surface area (Å²) < 4.78 is 4.81. The second-order valence-corrected chi connectivity index (χ2v) is 5.24. The number of urea groups is 1. The highest BCUT2D eigenvalue weighted by molar-refractivity contribution is 7.99. The van der Waals surface area contributed by atoms with Crippen LogP contribution < -0.4 is 10.6 Å². The van der Waals surface area contributed by atoms with Crippen LogP contribution in [-0.2, 0) is 9.53 Å². The van der Waals surface area contributed by atoms with Gasteiger partial charge < -0.3 is 20.5 Å². The normalized spacial score (nSPS) is 22.7. The van der Waals surface area contributed by atoms with Crippen molar-refractivity contribution in [2.24, 2.45) is 0 Å². The van der Waals surface area contributed by atoms with E-state index in [0.717, 1.165) is 19.3 Å². The highest BCUT2D eigenvalue weighted by Gasteiger charge is 2.27. The SMILES string of the molecule is CSC1CCCC1NC(=O)NCCOCC(=O)O. The Morgan fingerprint density at radius 3 is 2.89 bits per heavy atom. The second kappa shape index (κ2) is 8.20. The highest BCUT2D eigenvalue weighted by Crippen LogP contribution is 2.28. The molecule has 7 heteroatoms. The molecule has 1 rings (SSSR count). The van der Waals surface area contributed by atoms with Crippen LogP contribution in [0.2, 0.25) is 0 Å². The molecule has 0 aromatic carbocycles. The van der Waals surface area contributed by atoms with Crippen LogP contribution in [0.4, 0.5) is 4.79 Å². The molecule has 0 aromatic heterocycles. The zero-order chi connectivity index (χ0) is 13.4. The van der Waals surface area contributed by atoms with E-state index in [1.54, 1.807) is 11.8 Å². The molecule has 2 amide bonds. The smallest absolute Gasteiger partial charge is 0.329 e. The predicted octanol–water partition coefficient (Wildman–Crippen LogP) is 0.671. The third-order valence-electron chi connectivity index (χ3n) is 2.83. The molecule has 18 heavy (non-hydrogen) atoms. The maximum Gasteiger partial charge on any atom is 0.329 e. The molecule has 0 radical (unpaired) electrons. The van der Waals surface area contributed by atoms with Crippen LogP contribution in [0.15, 0.2) is 0 Å². The van der Waals surface area contributed by atoms with Crippen molar-refractivity contribution in [3.63, 3.8) is 0 Å². The molecule has 0 aromatic rings. The fraction of sp³-hybridized carbons (Fsp3) is 0.818. The summed E-state index contributed by atoms with van der Waals surface area (Å²) in [5.74, 6) is -1.01. The van der Waals surface area contributed by atoms with Gasteiger partial charge in [-0.3, -0.25) is 0 Å². The second-order valence-electron chi connectivity index (χ2n) is 4.16. The van der Waals surface area contributed by atoms with Crippen LogP contribution in [-0.4, -0.2) is 54.4 Å². The Kier molecular flexibility index (Phi) is 6.89. The van der Waals surface area contributed by atoms with Gasteiger partial charge in [0.25, 0.3) is 0 Å². The van der Waals surface area contributed by atoms with E-state index in [2.05, 4.69) is 16.9 Å². The van der Waals surface area contributed by atoms with Gasteiger partial charge in [0.2, 0.25) is 0 Å². The number of nitrogens with one attached hydrogen (secondary N) is 2. The van der Waals surface area contributed by atoms with Crippen LogP contribution in [0.1, 0.15) is 19.3 Å². The first-order valence-electron chi connectivity index (χ1n) is 6.00. The number of carboxylic acid groups (broad SMARTS) is 1. The molecule has 0 saturated heterocycles. The summed E-state index contributed by atoms with van der Waals surface area (Å²) in [5, 5.41) is 14.4. The van der Waals surface area contributed by atoms with Crippen LogP contribution in [0, 0.1) is 0 Å². The van der Waals surface area contributed by atoms with Crippen LogP contribution in [0.5, 0.6) is 0 Å². The summed E-state index contributed by atoms with van der Waals surface area (Å²) in [5.41, 5.74) is 0. The van der Waals surface area contributed by atoms with E-state index in [9.17, 15) is 9.59 Å². The standard InChI is InChI=1S/C11H20N2O4S/c1-18-9-4-2-3-8(9)13-11(16)12-5-6-17-7-10(14)15/h8-9H,2-7H2,1H3,(H,14,15)(H2,12,13,16). The van der Waals surface area contributed by atoms with E-state index in [4.69, 9.17) is 9.84 Å². The van der Waals surface area contributed by atoms with Crippen molar-refractivity contribution in [1.82, 2.24) is 10.6 Å². The Morgan fingerprint density at radius 1 is 1.44 bits per heavy atom. The molecule has 1 aliphatic carbocycles. The number of hydrogen-bond acceptors (Lipinski definition) is 4. The molecule has 104 valence electrons. The molecule has 0 spiro atoms. The lowest BCUT2D eigenvalue weighted by molar-refractivity contribution is -0.142. The highest BCUT2D eigenvalue weighted by atomic mass is 32.2. The predicted molar refractivity (Wildman–Crippen MR) is 69.9 cm³/mol. The minimum Gasteiger partial charge on any atom is -0.480 e. The molecule has 1 saturated carbocycles. The van der Waals surface area contributed by atoms with E-state index in [1.165, 1.54) is 0 Å². The van der Waals surface area contributed by atoms with Crippen LogP contribution in [0.25, 0.3) is 0 Å². The number of thioether (sulfide) groups is 1. The lowest BCUT2D eigenvalue weighted by atomic mass is 10.2. The van der Waals surface area contributed by atoms with E-state index < -0.39 is 5.97 Å². The van der Waals surface area contributed by atoms with Gasteiger partial charge in [-0.15, -0.1) is 0 Å². The summed E-state index contributed by atoms with van der Waals surface area (Å²) in [4.78, 5) is 21.7. The average molecular weight is 276 g/mol. The van der Waals surface area contributed by atoms with Gasteiger partial charge in [-0.2, -0.15) is 11.8 Å². The van der Waals surface area contributed by atoms with E-state index in [-0.39, 0.29) is 25.3 Å². The monoisotopic (exact) mass is 276 g/mol. The van der Waals surface area contributed by atoms with Crippen molar-refractivity contribution in [3.8, 4) is 0 Å². The lowest BCUT2D eigenvalue weighted by Gasteiger charge is -2.19. The fourth-order valence-corrected chi connectivity index (χ4v) is 2.92. The van der Waals surface area contributed by atoms with E-state index in [0.29, 0.717) is 11.8 Å². The molecule has 1 fully saturated rings. The first-order valence-corrected chi connectivity index (χ1v) is 7.29. The number of hydrogen-bond donors (Lipinski definition) is 3. The molecule has 0 bridgehead atoms. The molecule has 6 nitrogen and oxygen atoms in total. The van der Waals surface area contributed by atoms with Gasteiger partial charge in [-0.25, -0.2) is 9.59 Å². The number of carbonyl (C=O) groups is 2. The molecule has 2 atom stereocenters. The minimum atomic E-state index is -1.01. The number of amides is 2. The number of carbonyl (C=O) groups excluding carboxylic acids is 1. The topological polar surface area (TPSA) is 87.7 Å². The maximum absolute atomic E-state index is 11.6. The first kappa shape index (κ1) is 15.1. The quantitative estimate of drug-likeness (QED) is 0.595. The molecule has 3 N–H and O–H groups in total. The zero-order valence-electron chi connectivity index (χ0n) is 10.5. The molecule has 0 heterocycles. The Labute approximate surface area is 111 Å². The third-order valence-corrected chi connectivity index (χ3v) is 4.00. The molecular formula is C11H20N2O4S. The van der Waals surface area contributed by atoms with Gasteiger partial charge in [-0.1, -0.05) is 6.42 Å². The molecular weight excluding hydrogens is 256 g/mol. The Hall–Kier alpha value is -0.950. The summed E-state index contributed by atoms with van der Waals surface area (Å²) in [7, 11) is 0. The van der Waals surface area contributed by atoms with Crippen molar-refractivity contribution in [1.29, 1.82) is 0 Å². The molecule has 0 aliphatic heterocycles. The van der Waals surface area contributed by atoms with Crippen molar-refractivity contribution in [2.75, 3.05) is 26.0 Å². The molecule has 2 unspecified atom stereocenters. The van der Waals surface area contributed by atoms with E-state index >= 15 is 0 Å². The molecule has 1 aliphatic rings. The summed E-state index contributed by atoms with van der Waals surface area (Å²) in [6.07, 6.45) is 5.38. The van der Waals surface area contributed by atoms with Gasteiger partial charge >= 0.3 is 12.0 Å². The van der Waals surface area contributed by atoms with Crippen LogP contribution >= 0.6 is 11.8 Å². The number of rotatable bonds is 7. The van der Waals surface area contributed by atoms with Crippen molar-refractivity contribution in [3.05, 3.63) is 0 Å². The largest absolute Gasteiger partial charge is 0.480 e. The number of carboxylic acids is 1. The van der Waals surface area contributed by atoms with Crippen molar-refractivity contribution in [2.45, 2.75) is 30.6 Å². The number of ether oxygens (including phenoxy) is 1. The van der Waals surface area contributed by atoms with Gasteiger partial charge in [0.1, 0.15) is 6.61 Å². The fourth-order valence-electron chi connectivity index (χ4n) is 1.99. The van der Waals surface area contributed by atoms with E-state index in [1.807, 2.05) is 0 Å². The van der Waals surface area contributed by atoms with Gasteiger partial charge in [0.05, 0.1) is 6.61 Å². The number of aliphatic carboxylic acids is 1. The summed E-state index contributed by atoms with van der Waals surface area (Å²) in [6, 6.07) is 0.0276. The van der Waals surface area contributed by atoms with Crippen LogP contribution in [0.3, 0.4) is 0 Å². The van der Waals surface area contributed by atoms with Gasteiger partial charge in [0.15, 0.2) is 0 Å². The van der Waals surface area contributed by atoms with Gasteiger partial charge in [-0.05, 0) is 19.1 Å². The first-order chi connectivity index (χ1) is 8.63. The Balaban J connectivity index is 2.08. The van der Waals surface area contributed by atoms with Gasteiger partial charge in [0, 0.05) is 17.8 Å². The zero-order valence-corrected chi connectivity index (χ0v) is 11.3. The summed E-state index contributed by atoms with van der Waals surface area (Å²) >= 11 is 1.79. The lowest BCUT2D eigenvalue weighted by Crippen LogP contribution is -2.45.